The van der Waals surface area contributed by atoms with Crippen LogP contribution >= 0.6 is 11.3 Å². The van der Waals surface area contributed by atoms with Gasteiger partial charge in [-0.1, -0.05) is 36.4 Å². The number of piperazine rings is 1. The summed E-state index contributed by atoms with van der Waals surface area (Å²) in [5.74, 6) is 0. The van der Waals surface area contributed by atoms with Gasteiger partial charge in [-0.2, -0.15) is 0 Å². The fourth-order valence-corrected chi connectivity index (χ4v) is 5.18. The van der Waals surface area contributed by atoms with Crippen molar-refractivity contribution in [3.63, 3.8) is 0 Å². The summed E-state index contributed by atoms with van der Waals surface area (Å²) < 4.78 is 1.36. The lowest BCUT2D eigenvalue weighted by Crippen LogP contribution is -2.45. The highest BCUT2D eigenvalue weighted by molar-refractivity contribution is 7.19. The van der Waals surface area contributed by atoms with E-state index in [-0.39, 0.29) is 6.04 Å². The van der Waals surface area contributed by atoms with E-state index in [4.69, 9.17) is 0 Å². The molecule has 1 N–H and O–H groups in total. The van der Waals surface area contributed by atoms with Crippen LogP contribution in [0.2, 0.25) is 0 Å². The summed E-state index contributed by atoms with van der Waals surface area (Å²) in [7, 11) is 0. The number of para-hydroxylation sites is 1. The molecule has 1 saturated heterocycles. The van der Waals surface area contributed by atoms with Crippen molar-refractivity contribution in [2.75, 3.05) is 26.2 Å². The van der Waals surface area contributed by atoms with Gasteiger partial charge in [0.05, 0.1) is 11.6 Å². The number of pyridine rings is 1. The first-order valence-corrected chi connectivity index (χ1v) is 9.99. The standard InChI is InChI=1S/C22H21N3S/c1-4-8-20-16(5-1)15-21(26-20)22(25-13-11-23-12-14-25)18-9-10-24-19-7-3-2-6-17(18)19/h1-10,15,22-23H,11-14H2. The number of benzene rings is 2. The van der Waals surface area contributed by atoms with Crippen LogP contribution in [-0.2, 0) is 0 Å². The minimum absolute atomic E-state index is 0.280. The lowest BCUT2D eigenvalue weighted by Gasteiger charge is -2.35. The Bertz CT molecular complexity index is 1010. The van der Waals surface area contributed by atoms with Gasteiger partial charge >= 0.3 is 0 Å². The monoisotopic (exact) mass is 359 g/mol. The molecule has 5 rings (SSSR count). The van der Waals surface area contributed by atoms with Crippen molar-refractivity contribution in [3.8, 4) is 0 Å². The summed E-state index contributed by atoms with van der Waals surface area (Å²) in [6.45, 7) is 4.22. The molecule has 0 spiro atoms. The number of fused-ring (bicyclic) bond motifs is 2. The Morgan fingerprint density at radius 1 is 0.962 bits per heavy atom. The molecule has 2 aromatic carbocycles. The van der Waals surface area contributed by atoms with E-state index in [0.717, 1.165) is 31.7 Å². The Morgan fingerprint density at radius 3 is 2.65 bits per heavy atom. The molecule has 1 unspecified atom stereocenters. The molecule has 1 atom stereocenters. The van der Waals surface area contributed by atoms with Crippen LogP contribution < -0.4 is 5.32 Å². The summed E-state index contributed by atoms with van der Waals surface area (Å²) in [5.41, 5.74) is 2.44. The minimum Gasteiger partial charge on any atom is -0.314 e. The molecule has 0 amide bonds. The van der Waals surface area contributed by atoms with Gasteiger partial charge in [0.2, 0.25) is 0 Å². The zero-order chi connectivity index (χ0) is 17.3. The molecule has 26 heavy (non-hydrogen) atoms. The first-order valence-electron chi connectivity index (χ1n) is 9.17. The molecule has 0 saturated carbocycles. The zero-order valence-corrected chi connectivity index (χ0v) is 15.4. The van der Waals surface area contributed by atoms with Crippen molar-refractivity contribution >= 4 is 32.3 Å². The maximum atomic E-state index is 4.58. The first-order chi connectivity index (χ1) is 12.9. The molecule has 3 heterocycles. The highest BCUT2D eigenvalue weighted by Crippen LogP contribution is 2.39. The van der Waals surface area contributed by atoms with Crippen LogP contribution in [0.3, 0.4) is 0 Å². The highest BCUT2D eigenvalue weighted by Gasteiger charge is 2.27. The summed E-state index contributed by atoms with van der Waals surface area (Å²) in [5, 5.41) is 6.08. The van der Waals surface area contributed by atoms with E-state index in [0.29, 0.717) is 0 Å². The summed E-state index contributed by atoms with van der Waals surface area (Å²) in [6, 6.07) is 22.1. The molecule has 4 heteroatoms. The maximum absolute atomic E-state index is 4.58. The zero-order valence-electron chi connectivity index (χ0n) is 14.6. The number of thiophene rings is 1. The number of hydrogen-bond donors (Lipinski definition) is 1. The van der Waals surface area contributed by atoms with Crippen molar-refractivity contribution in [1.82, 2.24) is 15.2 Å². The molecule has 1 aliphatic heterocycles. The van der Waals surface area contributed by atoms with Gasteiger partial charge in [-0.25, -0.2) is 0 Å². The van der Waals surface area contributed by atoms with E-state index >= 15 is 0 Å². The lowest BCUT2D eigenvalue weighted by molar-refractivity contribution is 0.201. The Kier molecular flexibility index (Phi) is 4.17. The van der Waals surface area contributed by atoms with Gasteiger partial charge in [0.15, 0.2) is 0 Å². The van der Waals surface area contributed by atoms with Gasteiger partial charge in [0, 0.05) is 47.3 Å². The van der Waals surface area contributed by atoms with Crippen molar-refractivity contribution < 1.29 is 0 Å². The van der Waals surface area contributed by atoms with Crippen molar-refractivity contribution in [2.45, 2.75) is 6.04 Å². The van der Waals surface area contributed by atoms with Crippen LogP contribution in [0.25, 0.3) is 21.0 Å². The number of aromatic nitrogens is 1. The number of rotatable bonds is 3. The van der Waals surface area contributed by atoms with Crippen LogP contribution in [-0.4, -0.2) is 36.1 Å². The molecule has 1 fully saturated rings. The van der Waals surface area contributed by atoms with Gasteiger partial charge in [-0.05, 0) is 35.2 Å². The molecule has 130 valence electrons. The number of hydrogen-bond acceptors (Lipinski definition) is 4. The van der Waals surface area contributed by atoms with E-state index in [9.17, 15) is 0 Å². The lowest BCUT2D eigenvalue weighted by atomic mass is 9.98. The van der Waals surface area contributed by atoms with Crippen molar-refractivity contribution in [3.05, 3.63) is 77.3 Å². The molecular formula is C22H21N3S. The SMILES string of the molecule is c1ccc2sc(C(c3ccnc4ccccc34)N3CCNCC3)cc2c1. The molecule has 0 radical (unpaired) electrons. The summed E-state index contributed by atoms with van der Waals surface area (Å²) in [4.78, 5) is 8.61. The Morgan fingerprint density at radius 2 is 1.77 bits per heavy atom. The predicted octanol–water partition coefficient (Wildman–Crippen LogP) is 4.44. The summed E-state index contributed by atoms with van der Waals surface area (Å²) in [6.07, 6.45) is 1.96. The molecular weight excluding hydrogens is 338 g/mol. The van der Waals surface area contributed by atoms with Crippen LogP contribution in [0.1, 0.15) is 16.5 Å². The Hall–Kier alpha value is -2.27. The maximum Gasteiger partial charge on any atom is 0.0705 e. The summed E-state index contributed by atoms with van der Waals surface area (Å²) >= 11 is 1.92. The van der Waals surface area contributed by atoms with Gasteiger partial charge < -0.3 is 5.32 Å². The first kappa shape index (κ1) is 15.9. The Labute approximate surface area is 157 Å². The second-order valence-electron chi connectivity index (χ2n) is 6.79. The molecule has 3 nitrogen and oxygen atoms in total. The molecule has 4 aromatic rings. The largest absolute Gasteiger partial charge is 0.314 e. The fraction of sp³-hybridized carbons (Fsp3) is 0.227. The fourth-order valence-electron chi connectivity index (χ4n) is 3.96. The Balaban J connectivity index is 1.70. The third kappa shape index (κ3) is 2.80. The molecule has 1 aliphatic rings. The smallest absolute Gasteiger partial charge is 0.0705 e. The molecule has 0 aliphatic carbocycles. The van der Waals surface area contributed by atoms with Crippen LogP contribution in [0.4, 0.5) is 0 Å². The van der Waals surface area contributed by atoms with Crippen molar-refractivity contribution in [1.29, 1.82) is 0 Å². The number of nitrogens with zero attached hydrogens (tertiary/aromatic N) is 2. The van der Waals surface area contributed by atoms with E-state index in [1.54, 1.807) is 0 Å². The highest BCUT2D eigenvalue weighted by atomic mass is 32.1. The third-order valence-corrected chi connectivity index (χ3v) is 6.38. The van der Waals surface area contributed by atoms with Crippen molar-refractivity contribution in [2.24, 2.45) is 0 Å². The van der Waals surface area contributed by atoms with Gasteiger partial charge in [-0.15, -0.1) is 11.3 Å². The number of nitrogens with one attached hydrogen (secondary N) is 1. The van der Waals surface area contributed by atoms with E-state index in [2.05, 4.69) is 75.9 Å². The minimum atomic E-state index is 0.280. The van der Waals surface area contributed by atoms with Crippen LogP contribution in [0.15, 0.2) is 66.9 Å². The van der Waals surface area contributed by atoms with E-state index < -0.39 is 0 Å². The molecule has 2 aromatic heterocycles. The van der Waals surface area contributed by atoms with E-state index in [1.807, 2.05) is 17.5 Å². The second kappa shape index (κ2) is 6.80. The normalized spacial score (nSPS) is 16.9. The molecule has 0 bridgehead atoms. The predicted molar refractivity (Wildman–Crippen MR) is 110 cm³/mol. The quantitative estimate of drug-likeness (QED) is 0.586. The van der Waals surface area contributed by atoms with Gasteiger partial charge in [0.1, 0.15) is 0 Å². The van der Waals surface area contributed by atoms with Crippen LogP contribution in [0.5, 0.6) is 0 Å². The third-order valence-electron chi connectivity index (χ3n) is 5.21. The van der Waals surface area contributed by atoms with Gasteiger partial charge in [0.25, 0.3) is 0 Å². The topological polar surface area (TPSA) is 28.2 Å². The average Bonchev–Trinajstić information content (AvgIpc) is 3.13. The second-order valence-corrected chi connectivity index (χ2v) is 7.91. The van der Waals surface area contributed by atoms with Crippen LogP contribution in [0, 0.1) is 0 Å². The average molecular weight is 359 g/mol. The van der Waals surface area contributed by atoms with E-state index in [1.165, 1.54) is 25.9 Å². The van der Waals surface area contributed by atoms with Gasteiger partial charge in [-0.3, -0.25) is 9.88 Å².